The highest BCUT2D eigenvalue weighted by molar-refractivity contribution is 7.99. The summed E-state index contributed by atoms with van der Waals surface area (Å²) >= 11 is 1.40. The lowest BCUT2D eigenvalue weighted by Gasteiger charge is -2.41. The maximum absolute atomic E-state index is 10.8. The minimum atomic E-state index is -0.830. The van der Waals surface area contributed by atoms with E-state index in [1.54, 1.807) is 6.92 Å². The maximum atomic E-state index is 10.8. The Morgan fingerprint density at radius 1 is 1.67 bits per heavy atom. The molecule has 0 aromatic heterocycles. The first-order valence-electron chi connectivity index (χ1n) is 5.55. The van der Waals surface area contributed by atoms with Crippen LogP contribution in [-0.2, 0) is 14.3 Å². The second-order valence-corrected chi connectivity index (χ2v) is 5.06. The van der Waals surface area contributed by atoms with Gasteiger partial charge in [-0.15, -0.1) is 11.8 Å². The van der Waals surface area contributed by atoms with Gasteiger partial charge in [0.1, 0.15) is 18.1 Å². The van der Waals surface area contributed by atoms with Crippen LogP contribution in [0.3, 0.4) is 0 Å². The van der Waals surface area contributed by atoms with Crippen molar-refractivity contribution in [3.8, 4) is 0 Å². The Morgan fingerprint density at radius 3 is 2.83 bits per heavy atom. The van der Waals surface area contributed by atoms with E-state index in [4.69, 9.17) is 15.0 Å². The molecule has 1 N–H and O–H groups in total. The number of aliphatic hydroxyl groups is 1. The van der Waals surface area contributed by atoms with Crippen LogP contribution < -0.4 is 0 Å². The SMILES string of the molecule is CS[C@@H]1OC(COC(C)=O)[C@@H](O)[C@H](C)C1N=[N+]=[N-]. The molecule has 1 saturated heterocycles. The number of ether oxygens (including phenoxy) is 2. The van der Waals surface area contributed by atoms with Gasteiger partial charge < -0.3 is 14.6 Å². The zero-order valence-corrected chi connectivity index (χ0v) is 11.3. The number of rotatable bonds is 4. The van der Waals surface area contributed by atoms with E-state index in [2.05, 4.69) is 10.0 Å². The van der Waals surface area contributed by atoms with Gasteiger partial charge in [-0.3, -0.25) is 4.79 Å². The summed E-state index contributed by atoms with van der Waals surface area (Å²) in [5.41, 5.74) is 8.17. The van der Waals surface area contributed by atoms with Gasteiger partial charge in [0.25, 0.3) is 0 Å². The molecule has 5 atom stereocenters. The summed E-state index contributed by atoms with van der Waals surface area (Å²) in [5.74, 6) is -0.677. The van der Waals surface area contributed by atoms with Crippen LogP contribution in [-0.4, -0.2) is 47.6 Å². The van der Waals surface area contributed by atoms with E-state index in [1.807, 2.05) is 6.26 Å². The number of hydrogen-bond acceptors (Lipinski definition) is 6. The van der Waals surface area contributed by atoms with Crippen LogP contribution in [0.1, 0.15) is 13.8 Å². The van der Waals surface area contributed by atoms with Gasteiger partial charge in [0, 0.05) is 11.8 Å². The molecular formula is C10H17N3O4S. The lowest BCUT2D eigenvalue weighted by molar-refractivity contribution is -0.163. The highest BCUT2D eigenvalue weighted by Gasteiger charge is 2.42. The average molecular weight is 275 g/mol. The van der Waals surface area contributed by atoms with Crippen molar-refractivity contribution in [1.82, 2.24) is 0 Å². The number of nitrogens with zero attached hydrogens (tertiary/aromatic N) is 3. The fourth-order valence-corrected chi connectivity index (χ4v) is 2.71. The molecule has 18 heavy (non-hydrogen) atoms. The van der Waals surface area contributed by atoms with Crippen LogP contribution in [0.4, 0.5) is 0 Å². The zero-order valence-electron chi connectivity index (χ0n) is 10.5. The van der Waals surface area contributed by atoms with Crippen molar-refractivity contribution >= 4 is 17.7 Å². The van der Waals surface area contributed by atoms with Crippen LogP contribution >= 0.6 is 11.8 Å². The second kappa shape index (κ2) is 6.84. The maximum Gasteiger partial charge on any atom is 0.302 e. The Bertz CT molecular complexity index is 346. The molecule has 1 heterocycles. The van der Waals surface area contributed by atoms with Crippen molar-refractivity contribution in [3.05, 3.63) is 10.4 Å². The molecule has 7 nitrogen and oxygen atoms in total. The van der Waals surface area contributed by atoms with Gasteiger partial charge in [0.05, 0.1) is 12.1 Å². The fraction of sp³-hybridized carbons (Fsp3) is 0.900. The molecule has 1 aliphatic rings. The molecule has 0 amide bonds. The van der Waals surface area contributed by atoms with Crippen molar-refractivity contribution in [2.75, 3.05) is 12.9 Å². The Balaban J connectivity index is 2.75. The highest BCUT2D eigenvalue weighted by atomic mass is 32.2. The van der Waals surface area contributed by atoms with Crippen molar-refractivity contribution in [3.63, 3.8) is 0 Å². The molecule has 1 rings (SSSR count). The lowest BCUT2D eigenvalue weighted by Crippen LogP contribution is -2.52. The average Bonchev–Trinajstić information content (AvgIpc) is 2.34. The van der Waals surface area contributed by atoms with E-state index in [9.17, 15) is 9.90 Å². The molecule has 0 bridgehead atoms. The van der Waals surface area contributed by atoms with Gasteiger partial charge in [-0.25, -0.2) is 0 Å². The molecular weight excluding hydrogens is 258 g/mol. The summed E-state index contributed by atoms with van der Waals surface area (Å²) in [6, 6.07) is -0.437. The number of esters is 1. The first-order valence-corrected chi connectivity index (χ1v) is 6.84. The van der Waals surface area contributed by atoms with Crippen molar-refractivity contribution in [2.45, 2.75) is 37.5 Å². The summed E-state index contributed by atoms with van der Waals surface area (Å²) in [4.78, 5) is 13.5. The molecule has 1 aliphatic heterocycles. The minimum Gasteiger partial charge on any atom is -0.463 e. The van der Waals surface area contributed by atoms with Crippen LogP contribution in [0.15, 0.2) is 5.11 Å². The lowest BCUT2D eigenvalue weighted by atomic mass is 9.90. The predicted molar refractivity (Wildman–Crippen MR) is 66.9 cm³/mol. The van der Waals surface area contributed by atoms with Gasteiger partial charge in [-0.2, -0.15) is 0 Å². The van der Waals surface area contributed by atoms with E-state index in [0.717, 1.165) is 0 Å². The number of carbonyl (C=O) groups excluding carboxylic acids is 1. The predicted octanol–water partition coefficient (Wildman–Crippen LogP) is 1.31. The number of azide groups is 1. The third-order valence-corrected chi connectivity index (χ3v) is 3.77. The van der Waals surface area contributed by atoms with Crippen LogP contribution in [0.25, 0.3) is 10.4 Å². The van der Waals surface area contributed by atoms with Gasteiger partial charge in [-0.1, -0.05) is 12.0 Å². The van der Waals surface area contributed by atoms with Crippen LogP contribution in [0.2, 0.25) is 0 Å². The molecule has 8 heteroatoms. The zero-order chi connectivity index (χ0) is 13.7. The third kappa shape index (κ3) is 3.52. The summed E-state index contributed by atoms with van der Waals surface area (Å²) < 4.78 is 10.5. The first kappa shape index (κ1) is 15.1. The Kier molecular flexibility index (Phi) is 5.74. The highest BCUT2D eigenvalue weighted by Crippen LogP contribution is 2.33. The molecule has 102 valence electrons. The standard InChI is InChI=1S/C10H17N3O4S/c1-5-8(12-13-11)10(18-3)17-7(9(5)15)4-16-6(2)14/h5,7-10,15H,4H2,1-3H3/t5-,7?,8?,9+,10+/m1/s1. The van der Waals surface area contributed by atoms with Crippen molar-refractivity contribution in [1.29, 1.82) is 0 Å². The summed E-state index contributed by atoms with van der Waals surface area (Å²) in [6.07, 6.45) is 0.410. The normalized spacial score (nSPS) is 35.7. The van der Waals surface area contributed by atoms with E-state index in [0.29, 0.717) is 0 Å². The topological polar surface area (TPSA) is 105 Å². The summed E-state index contributed by atoms with van der Waals surface area (Å²) in [6.45, 7) is 3.09. The molecule has 1 fully saturated rings. The minimum absolute atomic E-state index is 0.000881. The van der Waals surface area contributed by atoms with E-state index in [-0.39, 0.29) is 18.0 Å². The second-order valence-electron chi connectivity index (χ2n) is 4.13. The first-order chi connectivity index (χ1) is 8.51. The smallest absolute Gasteiger partial charge is 0.302 e. The summed E-state index contributed by atoms with van der Waals surface area (Å²) in [5, 5.41) is 13.7. The van der Waals surface area contributed by atoms with Gasteiger partial charge in [0.15, 0.2) is 0 Å². The molecule has 0 saturated carbocycles. The Morgan fingerprint density at radius 2 is 2.33 bits per heavy atom. The Hall–Kier alpha value is -0.950. The largest absolute Gasteiger partial charge is 0.463 e. The number of thioether (sulfide) groups is 1. The molecule has 0 aromatic rings. The van der Waals surface area contributed by atoms with Crippen LogP contribution in [0, 0.1) is 5.92 Å². The molecule has 0 radical (unpaired) electrons. The van der Waals surface area contributed by atoms with Gasteiger partial charge in [0.2, 0.25) is 0 Å². The molecule has 2 unspecified atom stereocenters. The van der Waals surface area contributed by atoms with Crippen molar-refractivity contribution < 1.29 is 19.4 Å². The van der Waals surface area contributed by atoms with E-state index >= 15 is 0 Å². The molecule has 0 aromatic carbocycles. The van der Waals surface area contributed by atoms with E-state index in [1.165, 1.54) is 18.7 Å². The van der Waals surface area contributed by atoms with Crippen molar-refractivity contribution in [2.24, 2.45) is 11.0 Å². The number of aliphatic hydroxyl groups excluding tert-OH is 1. The van der Waals surface area contributed by atoms with Gasteiger partial charge >= 0.3 is 5.97 Å². The summed E-state index contributed by atoms with van der Waals surface area (Å²) in [7, 11) is 0. The number of hydrogen-bond donors (Lipinski definition) is 1. The van der Waals surface area contributed by atoms with E-state index < -0.39 is 24.2 Å². The fourth-order valence-electron chi connectivity index (χ4n) is 1.87. The molecule has 0 aliphatic carbocycles. The third-order valence-electron chi connectivity index (χ3n) is 2.91. The molecule has 0 spiro atoms. The van der Waals surface area contributed by atoms with Gasteiger partial charge in [-0.05, 0) is 17.7 Å². The quantitative estimate of drug-likeness (QED) is 0.360. The van der Waals surface area contributed by atoms with Crippen LogP contribution in [0.5, 0.6) is 0 Å². The Labute approximate surface area is 109 Å². The number of carbonyl (C=O) groups is 1. The monoisotopic (exact) mass is 275 g/mol.